The molecule has 4 nitrogen and oxygen atoms in total. The normalized spacial score (nSPS) is 16.6. The zero-order chi connectivity index (χ0) is 14.9. The molecule has 1 aromatic rings. The van der Waals surface area contributed by atoms with Gasteiger partial charge in [0.2, 0.25) is 5.78 Å². The summed E-state index contributed by atoms with van der Waals surface area (Å²) in [6.45, 7) is 4.07. The van der Waals surface area contributed by atoms with Crippen LogP contribution in [0.3, 0.4) is 0 Å². The number of carbonyl (C=O) groups is 2. The van der Waals surface area contributed by atoms with Crippen LogP contribution in [-0.4, -0.2) is 29.8 Å². The number of rotatable bonds is 4. The zero-order valence-electron chi connectivity index (χ0n) is 11.9. The molecule has 1 aliphatic rings. The van der Waals surface area contributed by atoms with Gasteiger partial charge >= 0.3 is 0 Å². The molecule has 0 saturated carbocycles. The molecular formula is C16H19NO3. The number of aliphatic hydroxyl groups is 1. The third-order valence-electron chi connectivity index (χ3n) is 3.54. The van der Waals surface area contributed by atoms with E-state index in [0.717, 1.165) is 0 Å². The molecule has 1 aromatic carbocycles. The van der Waals surface area contributed by atoms with Gasteiger partial charge in [-0.25, -0.2) is 0 Å². The van der Waals surface area contributed by atoms with Gasteiger partial charge in [-0.1, -0.05) is 38.1 Å². The number of aliphatic hydroxyl groups excluding tert-OH is 1. The van der Waals surface area contributed by atoms with Crippen LogP contribution in [0.25, 0.3) is 0 Å². The summed E-state index contributed by atoms with van der Waals surface area (Å²) >= 11 is 0. The second kappa shape index (κ2) is 5.59. The molecule has 1 unspecified atom stereocenters. The van der Waals surface area contributed by atoms with Crippen LogP contribution in [-0.2, 0) is 0 Å². The minimum absolute atomic E-state index is 0.185. The molecule has 0 fully saturated rings. The Morgan fingerprint density at radius 3 is 2.15 bits per heavy atom. The van der Waals surface area contributed by atoms with Crippen molar-refractivity contribution in [2.45, 2.75) is 26.3 Å². The van der Waals surface area contributed by atoms with Crippen molar-refractivity contribution in [1.82, 2.24) is 5.32 Å². The Morgan fingerprint density at radius 1 is 1.10 bits per heavy atom. The number of ketones is 2. The van der Waals surface area contributed by atoms with Gasteiger partial charge in [0.05, 0.1) is 5.57 Å². The van der Waals surface area contributed by atoms with Crippen LogP contribution in [0.2, 0.25) is 0 Å². The first-order chi connectivity index (χ1) is 9.47. The van der Waals surface area contributed by atoms with Crippen molar-refractivity contribution in [1.29, 1.82) is 0 Å². The van der Waals surface area contributed by atoms with Crippen LogP contribution in [0, 0.1) is 5.92 Å². The number of allylic oxidation sites excluding steroid dienone is 1. The Bertz CT molecular complexity index is 587. The Kier molecular flexibility index (Phi) is 4.04. The van der Waals surface area contributed by atoms with E-state index >= 15 is 0 Å². The summed E-state index contributed by atoms with van der Waals surface area (Å²) in [6, 6.07) is 6.29. The Morgan fingerprint density at radius 2 is 1.65 bits per heavy atom. The first kappa shape index (κ1) is 14.5. The van der Waals surface area contributed by atoms with E-state index in [0.29, 0.717) is 17.9 Å². The number of likely N-dealkylation sites (N-methyl/N-ethyl adjacent to an activating group) is 1. The van der Waals surface area contributed by atoms with Crippen LogP contribution in [0.1, 0.15) is 41.0 Å². The third kappa shape index (κ3) is 2.39. The minimum atomic E-state index is -0.473. The van der Waals surface area contributed by atoms with Gasteiger partial charge in [-0.2, -0.15) is 0 Å². The maximum atomic E-state index is 12.5. The van der Waals surface area contributed by atoms with Gasteiger partial charge in [0.15, 0.2) is 11.5 Å². The van der Waals surface area contributed by atoms with Gasteiger partial charge in [-0.3, -0.25) is 9.59 Å². The first-order valence-electron chi connectivity index (χ1n) is 6.76. The molecular weight excluding hydrogens is 254 g/mol. The van der Waals surface area contributed by atoms with E-state index < -0.39 is 11.5 Å². The van der Waals surface area contributed by atoms with Crippen molar-refractivity contribution in [3.8, 4) is 0 Å². The van der Waals surface area contributed by atoms with Crippen LogP contribution in [0.4, 0.5) is 0 Å². The van der Waals surface area contributed by atoms with Crippen LogP contribution >= 0.6 is 0 Å². The fourth-order valence-electron chi connectivity index (χ4n) is 2.56. The number of hydrogen-bond acceptors (Lipinski definition) is 4. The molecule has 0 bridgehead atoms. The molecule has 0 aromatic heterocycles. The maximum absolute atomic E-state index is 12.5. The van der Waals surface area contributed by atoms with Crippen molar-refractivity contribution in [3.05, 3.63) is 46.7 Å². The van der Waals surface area contributed by atoms with Gasteiger partial charge < -0.3 is 10.4 Å². The molecule has 1 atom stereocenters. The minimum Gasteiger partial charge on any atom is -0.504 e. The standard InChI is InChI=1S/C16H19NO3/c1-9(2)8-12(17-3)13-14(18)10-6-4-5-7-11(10)15(19)16(13)20/h4-7,9,12,17,20H,8H2,1-3H3. The SMILES string of the molecule is CNC(CC(C)C)C1=C(O)C(=O)c2ccccc2C1=O. The zero-order valence-corrected chi connectivity index (χ0v) is 11.9. The molecule has 1 aliphatic carbocycles. The highest BCUT2D eigenvalue weighted by molar-refractivity contribution is 6.26. The Hall–Kier alpha value is -1.94. The molecule has 0 spiro atoms. The van der Waals surface area contributed by atoms with Crippen molar-refractivity contribution in [2.75, 3.05) is 7.05 Å². The van der Waals surface area contributed by atoms with E-state index in [4.69, 9.17) is 0 Å². The molecule has 0 saturated heterocycles. The fourth-order valence-corrected chi connectivity index (χ4v) is 2.56. The van der Waals surface area contributed by atoms with E-state index in [-0.39, 0.29) is 23.0 Å². The lowest BCUT2D eigenvalue weighted by Gasteiger charge is -2.25. The molecule has 4 heteroatoms. The lowest BCUT2D eigenvalue weighted by Crippen LogP contribution is -2.37. The van der Waals surface area contributed by atoms with Crippen LogP contribution in [0.5, 0.6) is 0 Å². The highest BCUT2D eigenvalue weighted by Crippen LogP contribution is 2.28. The van der Waals surface area contributed by atoms with E-state index in [2.05, 4.69) is 5.32 Å². The number of Topliss-reactive ketones (excluding diaryl/α,β-unsaturated/α-hetero) is 2. The van der Waals surface area contributed by atoms with Gasteiger partial charge in [0, 0.05) is 17.2 Å². The van der Waals surface area contributed by atoms with Gasteiger partial charge in [-0.15, -0.1) is 0 Å². The second-order valence-electron chi connectivity index (χ2n) is 5.44. The monoisotopic (exact) mass is 273 g/mol. The van der Waals surface area contributed by atoms with E-state index in [1.807, 2.05) is 13.8 Å². The fraction of sp³-hybridized carbons (Fsp3) is 0.375. The first-order valence-corrected chi connectivity index (χ1v) is 6.76. The molecule has 20 heavy (non-hydrogen) atoms. The second-order valence-corrected chi connectivity index (χ2v) is 5.44. The summed E-state index contributed by atoms with van der Waals surface area (Å²) in [7, 11) is 1.73. The largest absolute Gasteiger partial charge is 0.504 e. The lowest BCUT2D eigenvalue weighted by atomic mass is 9.83. The van der Waals surface area contributed by atoms with E-state index in [1.165, 1.54) is 0 Å². The van der Waals surface area contributed by atoms with E-state index in [1.54, 1.807) is 31.3 Å². The van der Waals surface area contributed by atoms with Gasteiger partial charge in [-0.05, 0) is 19.4 Å². The number of nitrogens with one attached hydrogen (secondary N) is 1. The number of benzene rings is 1. The summed E-state index contributed by atoms with van der Waals surface area (Å²) in [4.78, 5) is 24.7. The van der Waals surface area contributed by atoms with Crippen LogP contribution < -0.4 is 5.32 Å². The topological polar surface area (TPSA) is 66.4 Å². The number of hydrogen-bond donors (Lipinski definition) is 2. The Balaban J connectivity index is 2.51. The smallest absolute Gasteiger partial charge is 0.228 e. The molecule has 0 heterocycles. The summed E-state index contributed by atoms with van der Waals surface area (Å²) in [5, 5.41) is 13.2. The highest BCUT2D eigenvalue weighted by atomic mass is 16.3. The molecule has 106 valence electrons. The lowest BCUT2D eigenvalue weighted by molar-refractivity contribution is 0.0921. The predicted molar refractivity (Wildman–Crippen MR) is 77.1 cm³/mol. The summed E-state index contributed by atoms with van der Waals surface area (Å²) in [5.41, 5.74) is 0.831. The third-order valence-corrected chi connectivity index (χ3v) is 3.54. The number of carbonyl (C=O) groups excluding carboxylic acids is 2. The van der Waals surface area contributed by atoms with Crippen molar-refractivity contribution < 1.29 is 14.7 Å². The molecule has 2 N–H and O–H groups in total. The number of fused-ring (bicyclic) bond motifs is 1. The van der Waals surface area contributed by atoms with Crippen LogP contribution in [0.15, 0.2) is 35.6 Å². The van der Waals surface area contributed by atoms with Gasteiger partial charge in [0.25, 0.3) is 0 Å². The molecule has 2 rings (SSSR count). The van der Waals surface area contributed by atoms with Crippen molar-refractivity contribution in [2.24, 2.45) is 5.92 Å². The highest BCUT2D eigenvalue weighted by Gasteiger charge is 2.35. The molecule has 0 amide bonds. The molecule has 0 aliphatic heterocycles. The predicted octanol–water partition coefficient (Wildman–Crippen LogP) is 2.51. The summed E-state index contributed by atoms with van der Waals surface area (Å²) < 4.78 is 0. The molecule has 0 radical (unpaired) electrons. The van der Waals surface area contributed by atoms with Crippen molar-refractivity contribution in [3.63, 3.8) is 0 Å². The quantitative estimate of drug-likeness (QED) is 0.884. The van der Waals surface area contributed by atoms with Gasteiger partial charge in [0.1, 0.15) is 0 Å². The van der Waals surface area contributed by atoms with Crippen molar-refractivity contribution >= 4 is 11.6 Å². The average molecular weight is 273 g/mol. The summed E-state index contributed by atoms with van der Waals surface area (Å²) in [6.07, 6.45) is 0.678. The average Bonchev–Trinajstić information content (AvgIpc) is 2.43. The maximum Gasteiger partial charge on any atom is 0.228 e. The Labute approximate surface area is 118 Å². The van der Waals surface area contributed by atoms with E-state index in [9.17, 15) is 14.7 Å². The summed E-state index contributed by atoms with van der Waals surface area (Å²) in [5.74, 6) is -0.821.